The zero-order chi connectivity index (χ0) is 20.6. The number of ether oxygens (including phenoxy) is 2. The molecule has 0 saturated carbocycles. The van der Waals surface area contributed by atoms with E-state index >= 15 is 0 Å². The Kier molecular flexibility index (Phi) is 6.42. The molecule has 0 saturated heterocycles. The number of carbonyl (C=O) groups excluding carboxylic acids is 2. The molecule has 7 nitrogen and oxygen atoms in total. The predicted molar refractivity (Wildman–Crippen MR) is 111 cm³/mol. The molecular weight excluding hydrogens is 370 g/mol. The van der Waals surface area contributed by atoms with E-state index < -0.39 is 0 Å². The van der Waals surface area contributed by atoms with Gasteiger partial charge in [-0.25, -0.2) is 0 Å². The van der Waals surface area contributed by atoms with Crippen molar-refractivity contribution in [2.45, 2.75) is 6.92 Å². The topological polar surface area (TPSA) is 89.6 Å². The summed E-state index contributed by atoms with van der Waals surface area (Å²) in [7, 11) is 1.52. The van der Waals surface area contributed by atoms with Gasteiger partial charge in [0, 0.05) is 29.3 Å². The van der Waals surface area contributed by atoms with Crippen LogP contribution in [0.25, 0.3) is 0 Å². The summed E-state index contributed by atoms with van der Waals surface area (Å²) in [6.45, 7) is 2.37. The van der Waals surface area contributed by atoms with E-state index in [9.17, 15) is 9.59 Å². The Morgan fingerprint density at radius 2 is 1.62 bits per heavy atom. The number of hydrogen-bond acceptors (Lipinski definition) is 5. The number of methoxy groups -OCH3 is 1. The van der Waals surface area contributed by atoms with Crippen molar-refractivity contribution in [3.05, 3.63) is 78.1 Å². The molecule has 1 heterocycles. The molecule has 2 amide bonds. The second kappa shape index (κ2) is 9.36. The van der Waals surface area contributed by atoms with Gasteiger partial charge in [-0.05, 0) is 55.5 Å². The van der Waals surface area contributed by atoms with Crippen molar-refractivity contribution in [2.24, 2.45) is 0 Å². The molecule has 3 aromatic rings. The number of rotatable bonds is 7. The second-order valence-corrected chi connectivity index (χ2v) is 6.03. The number of pyridine rings is 1. The highest BCUT2D eigenvalue weighted by Crippen LogP contribution is 2.28. The molecule has 0 unspecified atom stereocenters. The summed E-state index contributed by atoms with van der Waals surface area (Å²) in [6, 6.07) is 15.2. The lowest BCUT2D eigenvalue weighted by atomic mass is 10.1. The van der Waals surface area contributed by atoms with Gasteiger partial charge in [0.15, 0.2) is 11.5 Å². The van der Waals surface area contributed by atoms with Crippen LogP contribution >= 0.6 is 0 Å². The summed E-state index contributed by atoms with van der Waals surface area (Å²) in [5.74, 6) is 0.476. The van der Waals surface area contributed by atoms with E-state index in [1.165, 1.54) is 13.3 Å². The second-order valence-electron chi connectivity index (χ2n) is 6.03. The molecular formula is C22H21N3O4. The van der Waals surface area contributed by atoms with Crippen LogP contribution in [-0.2, 0) is 0 Å². The van der Waals surface area contributed by atoms with Crippen LogP contribution in [-0.4, -0.2) is 30.5 Å². The lowest BCUT2D eigenvalue weighted by molar-refractivity contribution is 0.101. The first kappa shape index (κ1) is 19.9. The van der Waals surface area contributed by atoms with Crippen LogP contribution in [0.5, 0.6) is 11.5 Å². The van der Waals surface area contributed by atoms with Crippen LogP contribution in [0.4, 0.5) is 11.4 Å². The summed E-state index contributed by atoms with van der Waals surface area (Å²) >= 11 is 0. The Morgan fingerprint density at radius 1 is 0.897 bits per heavy atom. The van der Waals surface area contributed by atoms with Crippen molar-refractivity contribution in [3.63, 3.8) is 0 Å². The third kappa shape index (κ3) is 5.10. The van der Waals surface area contributed by atoms with Crippen molar-refractivity contribution in [1.29, 1.82) is 0 Å². The number of nitrogens with one attached hydrogen (secondary N) is 2. The molecule has 0 atom stereocenters. The molecule has 2 N–H and O–H groups in total. The van der Waals surface area contributed by atoms with Gasteiger partial charge < -0.3 is 20.1 Å². The highest BCUT2D eigenvalue weighted by molar-refractivity contribution is 6.06. The fourth-order valence-electron chi connectivity index (χ4n) is 2.66. The molecule has 0 fully saturated rings. The highest BCUT2D eigenvalue weighted by Gasteiger charge is 2.12. The Labute approximate surface area is 168 Å². The van der Waals surface area contributed by atoms with Crippen molar-refractivity contribution in [1.82, 2.24) is 4.98 Å². The van der Waals surface area contributed by atoms with Crippen molar-refractivity contribution < 1.29 is 19.1 Å². The zero-order valence-electron chi connectivity index (χ0n) is 16.1. The summed E-state index contributed by atoms with van der Waals surface area (Å²) in [6.07, 6.45) is 3.09. The lowest BCUT2D eigenvalue weighted by Gasteiger charge is -2.12. The summed E-state index contributed by atoms with van der Waals surface area (Å²) in [5, 5.41) is 5.60. The smallest absolute Gasteiger partial charge is 0.257 e. The molecule has 0 aliphatic carbocycles. The minimum absolute atomic E-state index is 0.280. The van der Waals surface area contributed by atoms with Gasteiger partial charge in [0.25, 0.3) is 11.8 Å². The number of hydrogen-bond donors (Lipinski definition) is 2. The van der Waals surface area contributed by atoms with E-state index in [-0.39, 0.29) is 11.8 Å². The minimum Gasteiger partial charge on any atom is -0.493 e. The van der Waals surface area contributed by atoms with E-state index in [2.05, 4.69) is 15.6 Å². The maximum atomic E-state index is 12.6. The van der Waals surface area contributed by atoms with Crippen LogP contribution in [0, 0.1) is 0 Å². The van der Waals surface area contributed by atoms with Crippen LogP contribution in [0.15, 0.2) is 67.0 Å². The molecule has 0 aliphatic heterocycles. The first-order valence-electron chi connectivity index (χ1n) is 9.04. The number of nitrogens with zero attached hydrogens (tertiary/aromatic N) is 1. The van der Waals surface area contributed by atoms with E-state index in [0.29, 0.717) is 40.6 Å². The third-order valence-corrected chi connectivity index (χ3v) is 4.03. The molecule has 7 heteroatoms. The maximum absolute atomic E-state index is 12.6. The average molecular weight is 391 g/mol. The van der Waals surface area contributed by atoms with Gasteiger partial charge in [-0.15, -0.1) is 0 Å². The van der Waals surface area contributed by atoms with E-state index in [1.807, 2.05) is 6.92 Å². The Hall–Kier alpha value is -3.87. The summed E-state index contributed by atoms with van der Waals surface area (Å²) < 4.78 is 10.8. The highest BCUT2D eigenvalue weighted by atomic mass is 16.5. The van der Waals surface area contributed by atoms with Crippen molar-refractivity contribution in [2.75, 3.05) is 24.4 Å². The fourth-order valence-corrected chi connectivity index (χ4v) is 2.66. The van der Waals surface area contributed by atoms with Crippen molar-refractivity contribution in [3.8, 4) is 11.5 Å². The SMILES string of the molecule is CCOc1ccc(C(=O)Nc2cccc(NC(=O)c3cccnc3)c2)cc1OC. The van der Waals surface area contributed by atoms with Gasteiger partial charge in [-0.1, -0.05) is 6.07 Å². The lowest BCUT2D eigenvalue weighted by Crippen LogP contribution is -2.14. The number of carbonyl (C=O) groups is 2. The first-order valence-corrected chi connectivity index (χ1v) is 9.04. The predicted octanol–water partition coefficient (Wildman–Crippen LogP) is 3.99. The molecule has 0 spiro atoms. The fraction of sp³-hybridized carbons (Fsp3) is 0.136. The Bertz CT molecular complexity index is 1010. The number of amides is 2. The molecule has 1 aromatic heterocycles. The van der Waals surface area contributed by atoms with Gasteiger partial charge in [0.05, 0.1) is 19.3 Å². The maximum Gasteiger partial charge on any atom is 0.257 e. The molecule has 3 rings (SSSR count). The van der Waals surface area contributed by atoms with Crippen LogP contribution in [0.2, 0.25) is 0 Å². The minimum atomic E-state index is -0.304. The molecule has 2 aromatic carbocycles. The first-order chi connectivity index (χ1) is 14.1. The largest absolute Gasteiger partial charge is 0.493 e. The standard InChI is InChI=1S/C22H21N3O4/c1-3-29-19-10-9-15(12-20(19)28-2)21(26)24-17-7-4-8-18(13-17)25-22(27)16-6-5-11-23-14-16/h4-14H,3H2,1-2H3,(H,24,26)(H,25,27). The molecule has 29 heavy (non-hydrogen) atoms. The van der Waals surface area contributed by atoms with Gasteiger partial charge in [0.1, 0.15) is 0 Å². The van der Waals surface area contributed by atoms with E-state index in [4.69, 9.17) is 9.47 Å². The zero-order valence-corrected chi connectivity index (χ0v) is 16.1. The summed E-state index contributed by atoms with van der Waals surface area (Å²) in [5.41, 5.74) is 1.98. The van der Waals surface area contributed by atoms with E-state index in [1.54, 1.807) is 60.8 Å². The normalized spacial score (nSPS) is 10.1. The summed E-state index contributed by atoms with van der Waals surface area (Å²) in [4.78, 5) is 28.8. The van der Waals surface area contributed by atoms with Crippen LogP contribution in [0.1, 0.15) is 27.6 Å². The monoisotopic (exact) mass is 391 g/mol. The Morgan fingerprint density at radius 3 is 2.24 bits per heavy atom. The number of benzene rings is 2. The van der Waals surface area contributed by atoms with Gasteiger partial charge in [0.2, 0.25) is 0 Å². The van der Waals surface area contributed by atoms with Crippen LogP contribution in [0.3, 0.4) is 0 Å². The molecule has 148 valence electrons. The average Bonchev–Trinajstić information content (AvgIpc) is 2.75. The molecule has 0 radical (unpaired) electrons. The number of aromatic nitrogens is 1. The number of anilines is 2. The third-order valence-electron chi connectivity index (χ3n) is 4.03. The Balaban J connectivity index is 1.71. The van der Waals surface area contributed by atoms with Gasteiger partial charge >= 0.3 is 0 Å². The van der Waals surface area contributed by atoms with E-state index in [0.717, 1.165) is 0 Å². The van der Waals surface area contributed by atoms with Crippen LogP contribution < -0.4 is 20.1 Å². The van der Waals surface area contributed by atoms with Gasteiger partial charge in [-0.2, -0.15) is 0 Å². The molecule has 0 aliphatic rings. The molecule has 0 bridgehead atoms. The van der Waals surface area contributed by atoms with Gasteiger partial charge in [-0.3, -0.25) is 14.6 Å². The quantitative estimate of drug-likeness (QED) is 0.636. The van der Waals surface area contributed by atoms with Crippen molar-refractivity contribution >= 4 is 23.2 Å².